The second kappa shape index (κ2) is 5.24. The third-order valence-corrected chi connectivity index (χ3v) is 3.05. The third kappa shape index (κ3) is 2.32. The molecule has 1 aromatic carbocycles. The minimum Gasteiger partial charge on any atom is -0.497 e. The zero-order chi connectivity index (χ0) is 17.3. The lowest BCUT2D eigenvalue weighted by atomic mass is 10.0. The lowest BCUT2D eigenvalue weighted by Crippen LogP contribution is -2.29. The normalized spacial score (nSPS) is 14.1. The van der Waals surface area contributed by atoms with Gasteiger partial charge in [-0.1, -0.05) is 24.2 Å². The molecular weight excluding hydrogens is 258 g/mol. The van der Waals surface area contributed by atoms with Crippen LogP contribution in [0.5, 0.6) is 5.75 Å². The van der Waals surface area contributed by atoms with E-state index in [-0.39, 0.29) is 5.57 Å². The van der Waals surface area contributed by atoms with E-state index in [1.807, 2.05) is 0 Å². The minimum atomic E-state index is -0.898. The molecule has 0 saturated heterocycles. The molecule has 1 heterocycles. The van der Waals surface area contributed by atoms with E-state index in [1.54, 1.807) is 24.3 Å². The summed E-state index contributed by atoms with van der Waals surface area (Å²) in [7, 11) is 2.80. The highest BCUT2D eigenvalue weighted by molar-refractivity contribution is 5.32. The summed E-state index contributed by atoms with van der Waals surface area (Å²) < 4.78 is 29.7. The van der Waals surface area contributed by atoms with Gasteiger partial charge in [-0.2, -0.15) is 0 Å². The van der Waals surface area contributed by atoms with E-state index in [9.17, 15) is 9.59 Å². The van der Waals surface area contributed by atoms with Gasteiger partial charge in [0.05, 0.1) is 9.85 Å². The SMILES string of the molecule is [2H]C([2H])=C(C)C(c1ccc(OC)cc1)n1c(=O)n(C)c(=O)n1[2H]. The predicted octanol–water partition coefficient (Wildman–Crippen LogP) is 1.05. The monoisotopic (exact) mass is 278 g/mol. The Balaban J connectivity index is 2.75. The van der Waals surface area contributed by atoms with Crippen molar-refractivity contribution in [3.05, 3.63) is 62.9 Å². The van der Waals surface area contributed by atoms with E-state index in [0.29, 0.717) is 16.4 Å². The van der Waals surface area contributed by atoms with E-state index < -0.39 is 24.0 Å². The summed E-state index contributed by atoms with van der Waals surface area (Å²) in [5.41, 5.74) is -0.679. The molecule has 0 saturated carbocycles. The number of methoxy groups -OCH3 is 1. The van der Waals surface area contributed by atoms with Crippen LogP contribution in [0.4, 0.5) is 0 Å². The fraction of sp³-hybridized carbons (Fsp3) is 0.286. The van der Waals surface area contributed by atoms with Gasteiger partial charge in [-0.3, -0.25) is 0 Å². The fourth-order valence-electron chi connectivity index (χ4n) is 1.97. The van der Waals surface area contributed by atoms with Crippen LogP contribution in [0.2, 0.25) is 1.41 Å². The highest BCUT2D eigenvalue weighted by Crippen LogP contribution is 2.24. The topological polar surface area (TPSA) is 69.0 Å². The molecule has 0 spiro atoms. The van der Waals surface area contributed by atoms with Crippen LogP contribution in [0.1, 0.15) is 21.3 Å². The van der Waals surface area contributed by atoms with Crippen molar-refractivity contribution in [2.24, 2.45) is 7.05 Å². The Bertz CT molecular complexity index is 858. The molecule has 6 heteroatoms. The molecule has 20 heavy (non-hydrogen) atoms. The molecule has 0 fully saturated rings. The Morgan fingerprint density at radius 3 is 2.55 bits per heavy atom. The van der Waals surface area contributed by atoms with Crippen LogP contribution in [0.3, 0.4) is 0 Å². The molecule has 6 nitrogen and oxygen atoms in total. The van der Waals surface area contributed by atoms with Crippen LogP contribution in [0.25, 0.3) is 0 Å². The van der Waals surface area contributed by atoms with Gasteiger partial charge < -0.3 is 4.74 Å². The van der Waals surface area contributed by atoms with Crippen LogP contribution in [0.15, 0.2) is 46.0 Å². The maximum atomic E-state index is 12.3. The molecular formula is C14H17N3O3. The van der Waals surface area contributed by atoms with Crippen molar-refractivity contribution in [2.45, 2.75) is 13.0 Å². The number of aromatic amines is 1. The zero-order valence-corrected chi connectivity index (χ0v) is 11.5. The van der Waals surface area contributed by atoms with E-state index in [1.165, 1.54) is 21.1 Å². The number of aromatic nitrogens is 3. The van der Waals surface area contributed by atoms with Gasteiger partial charge >= 0.3 is 11.4 Å². The largest absolute Gasteiger partial charge is 0.497 e. The number of allylic oxidation sites excluding steroid dienone is 1. The molecule has 1 atom stereocenters. The van der Waals surface area contributed by atoms with Crippen molar-refractivity contribution in [3.8, 4) is 5.75 Å². The molecule has 0 amide bonds. The molecule has 2 rings (SSSR count). The van der Waals surface area contributed by atoms with E-state index in [4.69, 9.17) is 8.89 Å². The highest BCUT2D eigenvalue weighted by atomic mass is 16.5. The van der Waals surface area contributed by atoms with Crippen molar-refractivity contribution in [1.29, 1.82) is 0 Å². The molecule has 1 unspecified atom stereocenters. The second-order valence-electron chi connectivity index (χ2n) is 4.43. The van der Waals surface area contributed by atoms with Gasteiger partial charge in [0, 0.05) is 7.05 Å². The van der Waals surface area contributed by atoms with Crippen LogP contribution in [-0.2, 0) is 7.05 Å². The van der Waals surface area contributed by atoms with Crippen LogP contribution < -0.4 is 16.1 Å². The van der Waals surface area contributed by atoms with Crippen molar-refractivity contribution in [2.75, 3.05) is 7.11 Å². The van der Waals surface area contributed by atoms with Gasteiger partial charge in [-0.05, 0) is 24.6 Å². The number of rotatable bonds is 4. The Morgan fingerprint density at radius 2 is 2.10 bits per heavy atom. The first-order chi connectivity index (χ1) is 10.8. The van der Waals surface area contributed by atoms with Gasteiger partial charge in [0.15, 0.2) is 1.41 Å². The lowest BCUT2D eigenvalue weighted by molar-refractivity contribution is 0.414. The van der Waals surface area contributed by atoms with Gasteiger partial charge in [-0.25, -0.2) is 23.9 Å². The fourth-order valence-corrected chi connectivity index (χ4v) is 1.97. The summed E-state index contributed by atoms with van der Waals surface area (Å²) in [6.45, 7) is 1.04. The summed E-state index contributed by atoms with van der Waals surface area (Å²) in [6, 6.07) is 5.78. The number of nitrogens with one attached hydrogen (secondary N) is 1. The van der Waals surface area contributed by atoms with Gasteiger partial charge in [-0.15, -0.1) is 0 Å². The summed E-state index contributed by atoms with van der Waals surface area (Å²) in [4.78, 5) is 24.1. The van der Waals surface area contributed by atoms with Gasteiger partial charge in [0.1, 0.15) is 11.8 Å². The number of ether oxygens (including phenoxy) is 1. The Hall–Kier alpha value is -2.50. The smallest absolute Gasteiger partial charge is 0.347 e. The summed E-state index contributed by atoms with van der Waals surface area (Å²) in [6.07, 6.45) is 0. The average molecular weight is 278 g/mol. The van der Waals surface area contributed by atoms with Gasteiger partial charge in [0.2, 0.25) is 0 Å². The molecule has 0 aliphatic carbocycles. The maximum Gasteiger partial charge on any atom is 0.347 e. The van der Waals surface area contributed by atoms with Gasteiger partial charge in [0.25, 0.3) is 0 Å². The molecule has 1 aromatic heterocycles. The quantitative estimate of drug-likeness (QED) is 0.850. The molecule has 0 radical (unpaired) electrons. The Labute approximate surface area is 120 Å². The van der Waals surface area contributed by atoms with Crippen molar-refractivity contribution >= 4 is 0 Å². The van der Waals surface area contributed by atoms with E-state index in [0.717, 1.165) is 9.25 Å². The van der Waals surface area contributed by atoms with E-state index >= 15 is 0 Å². The number of hydrogen-bond donors (Lipinski definition) is 1. The highest BCUT2D eigenvalue weighted by Gasteiger charge is 2.19. The van der Waals surface area contributed by atoms with Crippen LogP contribution in [-0.4, -0.2) is 21.5 Å². The van der Waals surface area contributed by atoms with Crippen molar-refractivity contribution < 1.29 is 8.89 Å². The van der Waals surface area contributed by atoms with E-state index in [2.05, 4.69) is 0 Å². The summed E-state index contributed by atoms with van der Waals surface area (Å²) >= 11 is 0. The molecule has 2 aromatic rings. The zero-order valence-electron chi connectivity index (χ0n) is 14.5. The van der Waals surface area contributed by atoms with Crippen LogP contribution >= 0.6 is 0 Å². The Morgan fingerprint density at radius 1 is 1.45 bits per heavy atom. The second-order valence-corrected chi connectivity index (χ2v) is 4.43. The number of hydrogen-bond acceptors (Lipinski definition) is 3. The third-order valence-electron chi connectivity index (χ3n) is 3.05. The molecule has 0 bridgehead atoms. The molecule has 106 valence electrons. The first-order valence-electron chi connectivity index (χ1n) is 7.42. The maximum absolute atomic E-state index is 12.3. The molecule has 0 aliphatic rings. The number of H-pyrrole nitrogens is 1. The molecule has 1 N–H and O–H groups in total. The molecule has 0 aliphatic heterocycles. The number of benzene rings is 1. The Kier molecular flexibility index (Phi) is 2.70. The first kappa shape index (κ1) is 10.3. The standard InChI is InChI=1S/C14H17N3O3/c1-9(2)12(10-5-7-11(20-4)8-6-10)17-14(19)16(3)13(18)15-17/h5-8,12H,1H2,2-4H3,(H,15,18)/i1D2/hD. The van der Waals surface area contributed by atoms with Crippen molar-refractivity contribution in [3.63, 3.8) is 0 Å². The summed E-state index contributed by atoms with van der Waals surface area (Å²) in [5.74, 6) is 0.606. The average Bonchev–Trinajstić information content (AvgIpc) is 2.73. The first-order valence-corrected chi connectivity index (χ1v) is 5.97. The van der Waals surface area contributed by atoms with Crippen molar-refractivity contribution in [1.82, 2.24) is 14.3 Å². The van der Waals surface area contributed by atoms with Crippen LogP contribution in [0, 0.1) is 0 Å². The minimum absolute atomic E-state index is 0.240. The predicted molar refractivity (Wildman–Crippen MR) is 76.2 cm³/mol. The lowest BCUT2D eigenvalue weighted by Gasteiger charge is -2.18. The number of nitrogens with zero attached hydrogens (tertiary/aromatic N) is 2. The summed E-state index contributed by atoms with van der Waals surface area (Å²) in [5, 5.41) is 0.448.